The third-order valence-electron chi connectivity index (χ3n) is 4.43. The van der Waals surface area contributed by atoms with Crippen molar-refractivity contribution in [1.82, 2.24) is 9.97 Å². The molecule has 0 aliphatic heterocycles. The highest BCUT2D eigenvalue weighted by molar-refractivity contribution is 7.98. The van der Waals surface area contributed by atoms with Gasteiger partial charge in [-0.2, -0.15) is 5.26 Å². The van der Waals surface area contributed by atoms with E-state index in [1.165, 1.54) is 17.3 Å². The van der Waals surface area contributed by atoms with Crippen LogP contribution in [-0.4, -0.2) is 9.97 Å². The Morgan fingerprint density at radius 1 is 0.759 bits per heavy atom. The van der Waals surface area contributed by atoms with Gasteiger partial charge in [0, 0.05) is 11.3 Å². The zero-order valence-corrected chi connectivity index (χ0v) is 17.0. The van der Waals surface area contributed by atoms with Crippen molar-refractivity contribution in [2.24, 2.45) is 0 Å². The van der Waals surface area contributed by atoms with Gasteiger partial charge in [0.15, 0.2) is 10.3 Å². The Bertz CT molecular complexity index is 1150. The van der Waals surface area contributed by atoms with Crippen molar-refractivity contribution in [2.45, 2.75) is 10.9 Å². The molecule has 0 fully saturated rings. The molecular formula is C24H16ClN3S. The topological polar surface area (TPSA) is 49.6 Å². The molecule has 0 aliphatic carbocycles. The number of hydrogen-bond acceptors (Lipinski definition) is 4. The summed E-state index contributed by atoms with van der Waals surface area (Å²) in [5.74, 6) is 0.732. The standard InChI is InChI=1S/C24H16ClN3S/c25-23-21(15-26)22(27-24(28-23)29-16-17-7-3-1-4-8-17)20-13-11-19(12-14-20)18-9-5-2-6-10-18/h1-14H,16H2. The lowest BCUT2D eigenvalue weighted by Gasteiger charge is -2.09. The average molecular weight is 414 g/mol. The smallest absolute Gasteiger partial charge is 0.189 e. The highest BCUT2D eigenvalue weighted by atomic mass is 35.5. The summed E-state index contributed by atoms with van der Waals surface area (Å²) >= 11 is 7.81. The summed E-state index contributed by atoms with van der Waals surface area (Å²) in [6, 6.07) is 30.4. The van der Waals surface area contributed by atoms with Gasteiger partial charge in [0.25, 0.3) is 0 Å². The molecule has 0 spiro atoms. The summed E-state index contributed by atoms with van der Waals surface area (Å²) in [5.41, 5.74) is 5.11. The van der Waals surface area contributed by atoms with Crippen LogP contribution in [0, 0.1) is 11.3 Å². The van der Waals surface area contributed by atoms with Gasteiger partial charge in [-0.15, -0.1) is 0 Å². The number of rotatable bonds is 5. The van der Waals surface area contributed by atoms with Crippen LogP contribution in [0.4, 0.5) is 0 Å². The van der Waals surface area contributed by atoms with Crippen LogP contribution in [0.1, 0.15) is 11.1 Å². The van der Waals surface area contributed by atoms with Gasteiger partial charge in [-0.1, -0.05) is 108 Å². The first-order chi connectivity index (χ1) is 14.2. The quantitative estimate of drug-likeness (QED) is 0.209. The molecule has 4 aromatic rings. The van der Waals surface area contributed by atoms with Crippen LogP contribution in [-0.2, 0) is 5.75 Å². The third kappa shape index (κ3) is 4.48. The SMILES string of the molecule is N#Cc1c(Cl)nc(SCc2ccccc2)nc1-c1ccc(-c2ccccc2)cc1. The first-order valence-electron chi connectivity index (χ1n) is 9.05. The third-order valence-corrected chi connectivity index (χ3v) is 5.62. The molecule has 0 radical (unpaired) electrons. The Hall–Kier alpha value is -3.13. The fourth-order valence-electron chi connectivity index (χ4n) is 2.96. The van der Waals surface area contributed by atoms with Gasteiger partial charge in [-0.3, -0.25) is 0 Å². The Balaban J connectivity index is 1.65. The van der Waals surface area contributed by atoms with Gasteiger partial charge < -0.3 is 0 Å². The van der Waals surface area contributed by atoms with Crippen molar-refractivity contribution in [1.29, 1.82) is 5.26 Å². The van der Waals surface area contributed by atoms with E-state index in [0.29, 0.717) is 16.4 Å². The van der Waals surface area contributed by atoms with Crippen molar-refractivity contribution >= 4 is 23.4 Å². The van der Waals surface area contributed by atoms with Crippen LogP contribution in [0.2, 0.25) is 5.15 Å². The summed E-state index contributed by atoms with van der Waals surface area (Å²) in [6.45, 7) is 0. The molecule has 0 unspecified atom stereocenters. The average Bonchev–Trinajstić information content (AvgIpc) is 2.79. The Labute approximate surface area is 179 Å². The first-order valence-corrected chi connectivity index (χ1v) is 10.4. The molecule has 0 saturated carbocycles. The Kier molecular flexibility index (Phi) is 5.90. The maximum Gasteiger partial charge on any atom is 0.189 e. The van der Waals surface area contributed by atoms with Crippen LogP contribution in [0.15, 0.2) is 90.1 Å². The Morgan fingerprint density at radius 3 is 2.00 bits per heavy atom. The van der Waals surface area contributed by atoms with Gasteiger partial charge in [-0.25, -0.2) is 9.97 Å². The molecule has 5 heteroatoms. The number of nitrogens with zero attached hydrogens (tertiary/aromatic N) is 3. The molecule has 1 heterocycles. The molecule has 140 valence electrons. The Morgan fingerprint density at radius 2 is 1.34 bits per heavy atom. The number of thioether (sulfide) groups is 1. The number of nitriles is 1. The number of halogens is 1. The second-order valence-electron chi connectivity index (χ2n) is 6.35. The van der Waals surface area contributed by atoms with E-state index in [4.69, 9.17) is 11.6 Å². The monoisotopic (exact) mass is 413 g/mol. The lowest BCUT2D eigenvalue weighted by Crippen LogP contribution is -1.97. The predicted molar refractivity (Wildman–Crippen MR) is 119 cm³/mol. The van der Waals surface area contributed by atoms with Crippen LogP contribution in [0.25, 0.3) is 22.4 Å². The first kappa shape index (κ1) is 19.2. The normalized spacial score (nSPS) is 10.5. The maximum atomic E-state index is 9.57. The summed E-state index contributed by atoms with van der Waals surface area (Å²) in [6.07, 6.45) is 0. The zero-order valence-electron chi connectivity index (χ0n) is 15.4. The molecule has 4 rings (SSSR count). The molecule has 0 aliphatic rings. The molecule has 0 amide bonds. The summed E-state index contributed by atoms with van der Waals surface area (Å²) in [5, 5.41) is 10.3. The van der Waals surface area contributed by atoms with Gasteiger partial charge >= 0.3 is 0 Å². The molecule has 3 aromatic carbocycles. The maximum absolute atomic E-state index is 9.57. The molecular weight excluding hydrogens is 398 g/mol. The van der Waals surface area contributed by atoms with E-state index in [1.54, 1.807) is 0 Å². The molecule has 1 aromatic heterocycles. The van der Waals surface area contributed by atoms with Gasteiger partial charge in [0.05, 0.1) is 5.69 Å². The number of hydrogen-bond donors (Lipinski definition) is 0. The van der Waals surface area contributed by atoms with Crippen molar-refractivity contribution in [3.05, 3.63) is 101 Å². The minimum absolute atomic E-state index is 0.181. The molecule has 3 nitrogen and oxygen atoms in total. The summed E-state index contributed by atoms with van der Waals surface area (Å²) < 4.78 is 0. The van der Waals surface area contributed by atoms with Gasteiger partial charge in [0.1, 0.15) is 11.6 Å². The molecule has 0 bridgehead atoms. The van der Waals surface area contributed by atoms with E-state index in [1.807, 2.05) is 60.7 Å². The predicted octanol–water partition coefficient (Wildman–Crippen LogP) is 6.63. The van der Waals surface area contributed by atoms with Crippen LogP contribution < -0.4 is 0 Å². The minimum Gasteiger partial charge on any atom is -0.221 e. The van der Waals surface area contributed by atoms with E-state index in [-0.39, 0.29) is 5.15 Å². The van der Waals surface area contributed by atoms with Crippen molar-refractivity contribution in [3.8, 4) is 28.5 Å². The van der Waals surface area contributed by atoms with Crippen molar-refractivity contribution in [3.63, 3.8) is 0 Å². The largest absolute Gasteiger partial charge is 0.221 e. The number of benzene rings is 3. The molecule has 29 heavy (non-hydrogen) atoms. The minimum atomic E-state index is 0.181. The summed E-state index contributed by atoms with van der Waals surface area (Å²) in [4.78, 5) is 8.94. The molecule has 0 N–H and O–H groups in total. The van der Waals surface area contributed by atoms with E-state index in [0.717, 1.165) is 22.4 Å². The molecule has 0 atom stereocenters. The zero-order chi connectivity index (χ0) is 20.1. The second-order valence-corrected chi connectivity index (χ2v) is 7.65. The van der Waals surface area contributed by atoms with E-state index in [2.05, 4.69) is 40.3 Å². The number of aromatic nitrogens is 2. The lowest BCUT2D eigenvalue weighted by molar-refractivity contribution is 0.966. The second kappa shape index (κ2) is 8.91. The van der Waals surface area contributed by atoms with E-state index < -0.39 is 0 Å². The van der Waals surface area contributed by atoms with E-state index in [9.17, 15) is 5.26 Å². The van der Waals surface area contributed by atoms with Crippen molar-refractivity contribution in [2.75, 3.05) is 0 Å². The lowest BCUT2D eigenvalue weighted by atomic mass is 10.0. The van der Waals surface area contributed by atoms with Crippen LogP contribution in [0.3, 0.4) is 0 Å². The fourth-order valence-corrected chi connectivity index (χ4v) is 4.02. The van der Waals surface area contributed by atoms with Gasteiger partial charge in [0.2, 0.25) is 0 Å². The van der Waals surface area contributed by atoms with Crippen molar-refractivity contribution < 1.29 is 0 Å². The fraction of sp³-hybridized carbons (Fsp3) is 0.0417. The van der Waals surface area contributed by atoms with Crippen LogP contribution >= 0.6 is 23.4 Å². The van der Waals surface area contributed by atoms with E-state index >= 15 is 0 Å². The van der Waals surface area contributed by atoms with Crippen LogP contribution in [0.5, 0.6) is 0 Å². The highest BCUT2D eigenvalue weighted by Crippen LogP contribution is 2.31. The molecule has 0 saturated heterocycles. The highest BCUT2D eigenvalue weighted by Gasteiger charge is 2.15. The summed E-state index contributed by atoms with van der Waals surface area (Å²) in [7, 11) is 0. The van der Waals surface area contributed by atoms with Gasteiger partial charge in [-0.05, 0) is 16.7 Å².